The molecular formula is C2H6MgO3P+. The van der Waals surface area contributed by atoms with E-state index in [-0.39, 0.29) is 23.1 Å². The molecule has 0 heterocycles. The van der Waals surface area contributed by atoms with Crippen molar-refractivity contribution in [3.05, 3.63) is 0 Å². The van der Waals surface area contributed by atoms with Gasteiger partial charge in [0.05, 0.1) is 14.2 Å². The highest BCUT2D eigenvalue weighted by molar-refractivity contribution is 7.33. The normalized spacial score (nSPS) is 7.14. The summed E-state index contributed by atoms with van der Waals surface area (Å²) in [6.07, 6.45) is 0. The molecule has 0 atom stereocenters. The van der Waals surface area contributed by atoms with E-state index < -0.39 is 8.25 Å². The fourth-order valence-corrected chi connectivity index (χ4v) is 0.224. The van der Waals surface area contributed by atoms with Gasteiger partial charge in [-0.3, -0.25) is 0 Å². The summed E-state index contributed by atoms with van der Waals surface area (Å²) < 4.78 is 18.3. The molecule has 0 aliphatic heterocycles. The van der Waals surface area contributed by atoms with Crippen LogP contribution >= 0.6 is 8.25 Å². The van der Waals surface area contributed by atoms with Crippen LogP contribution in [0, 0.1) is 0 Å². The largest absolute Gasteiger partial charge is 0.696 e. The Bertz CT molecular complexity index is 50.9. The van der Waals surface area contributed by atoms with Crippen molar-refractivity contribution in [2.45, 2.75) is 0 Å². The molecule has 0 saturated heterocycles. The highest BCUT2D eigenvalue weighted by atomic mass is 31.1. The van der Waals surface area contributed by atoms with E-state index in [0.29, 0.717) is 0 Å². The van der Waals surface area contributed by atoms with Crippen LogP contribution in [0.3, 0.4) is 0 Å². The van der Waals surface area contributed by atoms with E-state index in [4.69, 9.17) is 0 Å². The Morgan fingerprint density at radius 1 is 1.29 bits per heavy atom. The van der Waals surface area contributed by atoms with Gasteiger partial charge in [-0.05, 0) is 0 Å². The minimum absolute atomic E-state index is 0. The number of hydrogen-bond donors (Lipinski definition) is 0. The molecule has 0 aromatic heterocycles. The highest BCUT2D eigenvalue weighted by Gasteiger charge is 2.10. The van der Waals surface area contributed by atoms with Gasteiger partial charge in [-0.25, -0.2) is 0 Å². The highest BCUT2D eigenvalue weighted by Crippen LogP contribution is 2.18. The maximum Gasteiger partial charge on any atom is 0.696 e. The van der Waals surface area contributed by atoms with Crippen molar-refractivity contribution in [2.75, 3.05) is 14.2 Å². The van der Waals surface area contributed by atoms with Crippen molar-refractivity contribution >= 4 is 31.3 Å². The van der Waals surface area contributed by atoms with Crippen molar-refractivity contribution < 1.29 is 13.6 Å². The number of rotatable bonds is 2. The molecule has 0 rings (SSSR count). The van der Waals surface area contributed by atoms with E-state index in [1.165, 1.54) is 14.2 Å². The van der Waals surface area contributed by atoms with Crippen LogP contribution < -0.4 is 0 Å². The molecule has 7 heavy (non-hydrogen) atoms. The lowest BCUT2D eigenvalue weighted by Gasteiger charge is -1.66. The van der Waals surface area contributed by atoms with Gasteiger partial charge in [0.25, 0.3) is 0 Å². The first-order valence-electron chi connectivity index (χ1n) is 1.36. The average molecular weight is 133 g/mol. The minimum Gasteiger partial charge on any atom is -0.122 e. The molecule has 38 valence electrons. The molecule has 0 bridgehead atoms. The van der Waals surface area contributed by atoms with Crippen LogP contribution in [-0.4, -0.2) is 37.3 Å². The summed E-state index contributed by atoms with van der Waals surface area (Å²) in [6, 6.07) is 0. The molecule has 0 aromatic carbocycles. The van der Waals surface area contributed by atoms with Crippen molar-refractivity contribution in [1.29, 1.82) is 0 Å². The summed E-state index contributed by atoms with van der Waals surface area (Å²) in [6.45, 7) is 0. The SMILES string of the molecule is CO[P+](=O)OC.[Mg]. The molecule has 0 saturated carbocycles. The van der Waals surface area contributed by atoms with Crippen molar-refractivity contribution in [3.63, 3.8) is 0 Å². The predicted molar refractivity (Wildman–Crippen MR) is 27.4 cm³/mol. The van der Waals surface area contributed by atoms with Crippen LogP contribution in [0.5, 0.6) is 0 Å². The molecule has 5 heteroatoms. The molecule has 0 aromatic rings. The van der Waals surface area contributed by atoms with Crippen LogP contribution in [-0.2, 0) is 13.6 Å². The molecule has 0 aliphatic rings. The summed E-state index contributed by atoms with van der Waals surface area (Å²) in [5.74, 6) is 0. The zero-order chi connectivity index (χ0) is 4.99. The molecule has 0 unspecified atom stereocenters. The van der Waals surface area contributed by atoms with Crippen molar-refractivity contribution in [2.24, 2.45) is 0 Å². The molecule has 0 fully saturated rings. The second-order valence-corrected chi connectivity index (χ2v) is 1.77. The molecule has 2 radical (unpaired) electrons. The first kappa shape index (κ1) is 10.7. The molecule has 0 amide bonds. The van der Waals surface area contributed by atoms with E-state index in [0.717, 1.165) is 0 Å². The van der Waals surface area contributed by atoms with Crippen LogP contribution in [0.4, 0.5) is 0 Å². The smallest absolute Gasteiger partial charge is 0.122 e. The van der Waals surface area contributed by atoms with Gasteiger partial charge in [-0.2, -0.15) is 0 Å². The Balaban J connectivity index is 0. The Labute approximate surface area is 59.5 Å². The maximum absolute atomic E-state index is 9.88. The van der Waals surface area contributed by atoms with E-state index in [1.54, 1.807) is 0 Å². The van der Waals surface area contributed by atoms with Crippen LogP contribution in [0.15, 0.2) is 0 Å². The molecule has 0 N–H and O–H groups in total. The summed E-state index contributed by atoms with van der Waals surface area (Å²) in [5, 5.41) is 0. The second-order valence-electron chi connectivity index (χ2n) is 0.589. The van der Waals surface area contributed by atoms with Gasteiger partial charge < -0.3 is 0 Å². The Kier molecular flexibility index (Phi) is 10.4. The van der Waals surface area contributed by atoms with E-state index >= 15 is 0 Å². The van der Waals surface area contributed by atoms with Crippen LogP contribution in [0.2, 0.25) is 0 Å². The van der Waals surface area contributed by atoms with Gasteiger partial charge in [0, 0.05) is 27.6 Å². The minimum atomic E-state index is -1.83. The standard InChI is InChI=1S/C2H6O3P.Mg/c1-4-6(3)5-2;/h1-2H3;/q+1;. The first-order chi connectivity index (χ1) is 2.81. The Hall–Kier alpha value is 0.786. The third kappa shape index (κ3) is 6.79. The summed E-state index contributed by atoms with van der Waals surface area (Å²) in [4.78, 5) is 0. The Morgan fingerprint density at radius 3 is 1.57 bits per heavy atom. The Morgan fingerprint density at radius 2 is 1.57 bits per heavy atom. The van der Waals surface area contributed by atoms with Crippen molar-refractivity contribution in [3.8, 4) is 0 Å². The third-order valence-corrected chi connectivity index (χ3v) is 0.894. The lowest BCUT2D eigenvalue weighted by molar-refractivity contribution is 0.302. The van der Waals surface area contributed by atoms with Gasteiger partial charge in [0.1, 0.15) is 0 Å². The predicted octanol–water partition coefficient (Wildman–Crippen LogP) is 0.556. The van der Waals surface area contributed by atoms with Gasteiger partial charge in [0.2, 0.25) is 0 Å². The number of hydrogen-bond acceptors (Lipinski definition) is 3. The molecular weight excluding hydrogens is 127 g/mol. The molecule has 3 nitrogen and oxygen atoms in total. The topological polar surface area (TPSA) is 35.5 Å². The monoisotopic (exact) mass is 133 g/mol. The summed E-state index contributed by atoms with van der Waals surface area (Å²) >= 11 is 0. The van der Waals surface area contributed by atoms with Gasteiger partial charge in [0.15, 0.2) is 0 Å². The fourth-order valence-electron chi connectivity index (χ4n) is 0.0745. The lowest BCUT2D eigenvalue weighted by Crippen LogP contribution is -1.66. The fraction of sp³-hybridized carbons (Fsp3) is 1.00. The van der Waals surface area contributed by atoms with E-state index in [9.17, 15) is 4.57 Å². The van der Waals surface area contributed by atoms with Crippen LogP contribution in [0.1, 0.15) is 0 Å². The zero-order valence-electron chi connectivity index (χ0n) is 4.38. The molecule has 0 aliphatic carbocycles. The zero-order valence-corrected chi connectivity index (χ0v) is 6.69. The average Bonchev–Trinajstić information content (AvgIpc) is 1.65. The summed E-state index contributed by atoms with van der Waals surface area (Å²) in [5.41, 5.74) is 0. The van der Waals surface area contributed by atoms with Crippen LogP contribution in [0.25, 0.3) is 0 Å². The lowest BCUT2D eigenvalue weighted by atomic mass is 11.8. The van der Waals surface area contributed by atoms with Crippen molar-refractivity contribution in [1.82, 2.24) is 0 Å². The molecule has 0 spiro atoms. The summed E-state index contributed by atoms with van der Waals surface area (Å²) in [7, 11) is 0.817. The van der Waals surface area contributed by atoms with Gasteiger partial charge >= 0.3 is 8.25 Å². The van der Waals surface area contributed by atoms with E-state index in [1.807, 2.05) is 0 Å². The van der Waals surface area contributed by atoms with Gasteiger partial charge in [-0.15, -0.1) is 9.05 Å². The quantitative estimate of drug-likeness (QED) is 0.408. The van der Waals surface area contributed by atoms with E-state index in [2.05, 4.69) is 9.05 Å². The van der Waals surface area contributed by atoms with Gasteiger partial charge in [-0.1, -0.05) is 0 Å². The third-order valence-electron chi connectivity index (χ3n) is 0.298. The maximum atomic E-state index is 9.88. The first-order valence-corrected chi connectivity index (χ1v) is 2.46. The second kappa shape index (κ2) is 6.79.